The quantitative estimate of drug-likeness (QED) is 0.0868. The SMILES string of the molecule is C=CC(=O)N1CCC[C@@H](n2nc(-c3ccc(Oc4ccccc4)cc3)c3c(N)ncnc32)C1.C=CC(N)=O.CCCC[C@H](CC)n1nc(-c2ccc(Oc3ccccc3)cc2)c2c(N)ncnc21. The van der Waals surface area contributed by atoms with Crippen molar-refractivity contribution in [3.8, 4) is 45.5 Å². The number of nitrogen functional groups attached to an aromatic ring is 2. The Hall–Kier alpha value is -8.40. The van der Waals surface area contributed by atoms with Gasteiger partial charge in [-0.15, -0.1) is 0 Å². The van der Waals surface area contributed by atoms with Crippen LogP contribution < -0.4 is 26.7 Å². The number of amides is 2. The summed E-state index contributed by atoms with van der Waals surface area (Å²) >= 11 is 0. The Kier molecular flexibility index (Phi) is 15.9. The summed E-state index contributed by atoms with van der Waals surface area (Å²) in [6, 6.07) is 35.2. The molecule has 1 fully saturated rings. The zero-order chi connectivity index (χ0) is 48.0. The van der Waals surface area contributed by atoms with Gasteiger partial charge in [-0.1, -0.05) is 76.2 Å². The number of anilines is 2. The highest BCUT2D eigenvalue weighted by molar-refractivity contribution is 5.99. The van der Waals surface area contributed by atoms with Gasteiger partial charge in [0.2, 0.25) is 11.8 Å². The molecule has 0 spiro atoms. The van der Waals surface area contributed by atoms with Gasteiger partial charge in [-0.3, -0.25) is 9.59 Å². The number of benzene rings is 4. The van der Waals surface area contributed by atoms with Crippen molar-refractivity contribution >= 4 is 45.5 Å². The molecule has 0 radical (unpaired) electrons. The van der Waals surface area contributed by atoms with Crippen molar-refractivity contribution in [3.63, 3.8) is 0 Å². The number of para-hydroxylation sites is 2. The summed E-state index contributed by atoms with van der Waals surface area (Å²) in [6.07, 6.45) is 11.5. The zero-order valence-corrected chi connectivity index (χ0v) is 38.3. The Morgan fingerprint density at radius 2 is 1.21 bits per heavy atom. The molecule has 0 unspecified atom stereocenters. The molecule has 2 amide bonds. The van der Waals surface area contributed by atoms with E-state index in [1.165, 1.54) is 18.7 Å². The van der Waals surface area contributed by atoms with E-state index in [0.717, 1.165) is 95.5 Å². The van der Waals surface area contributed by atoms with Crippen molar-refractivity contribution in [2.75, 3.05) is 24.6 Å². The van der Waals surface area contributed by atoms with Crippen molar-refractivity contribution in [2.24, 2.45) is 5.73 Å². The Labute approximate surface area is 395 Å². The van der Waals surface area contributed by atoms with Crippen LogP contribution >= 0.6 is 0 Å². The van der Waals surface area contributed by atoms with E-state index in [0.29, 0.717) is 41.5 Å². The number of nitrogens with two attached hydrogens (primary N) is 3. The fourth-order valence-electron chi connectivity index (χ4n) is 7.94. The van der Waals surface area contributed by atoms with Gasteiger partial charge in [0, 0.05) is 24.2 Å². The van der Waals surface area contributed by atoms with E-state index >= 15 is 0 Å². The van der Waals surface area contributed by atoms with Crippen LogP contribution in [0.1, 0.15) is 64.5 Å². The molecule has 0 saturated carbocycles. The number of ether oxygens (including phenoxy) is 2. The minimum absolute atomic E-state index is 0.00566. The number of nitrogens with zero attached hydrogens (tertiary/aromatic N) is 9. The van der Waals surface area contributed by atoms with Gasteiger partial charge < -0.3 is 31.6 Å². The maximum atomic E-state index is 12.2. The fraction of sp³-hybridized carbons (Fsp3) is 0.231. The molecule has 1 aliphatic heterocycles. The molecule has 5 heterocycles. The number of hydrogen-bond acceptors (Lipinski definition) is 12. The lowest BCUT2D eigenvalue weighted by atomic mass is 10.1. The van der Waals surface area contributed by atoms with Gasteiger partial charge in [-0.05, 0) is 111 Å². The summed E-state index contributed by atoms with van der Waals surface area (Å²) in [5.41, 5.74) is 21.9. The van der Waals surface area contributed by atoms with Crippen molar-refractivity contribution in [1.82, 2.24) is 44.4 Å². The average molecular weight is 913 g/mol. The molecule has 4 aromatic carbocycles. The molecular weight excluding hydrogens is 857 g/mol. The first kappa shape index (κ1) is 47.6. The molecule has 68 heavy (non-hydrogen) atoms. The minimum atomic E-state index is -0.481. The maximum absolute atomic E-state index is 12.2. The lowest BCUT2D eigenvalue weighted by molar-refractivity contribution is -0.127. The second-order valence-electron chi connectivity index (χ2n) is 16.0. The molecule has 16 nitrogen and oxygen atoms in total. The minimum Gasteiger partial charge on any atom is -0.457 e. The summed E-state index contributed by atoms with van der Waals surface area (Å²) < 4.78 is 15.7. The van der Waals surface area contributed by atoms with Gasteiger partial charge in [0.25, 0.3) is 0 Å². The van der Waals surface area contributed by atoms with Crippen LogP contribution in [0.25, 0.3) is 44.6 Å². The molecule has 8 aromatic rings. The molecule has 4 aromatic heterocycles. The summed E-state index contributed by atoms with van der Waals surface area (Å²) in [7, 11) is 0. The molecule has 16 heteroatoms. The molecule has 1 aliphatic rings. The molecule has 0 bridgehead atoms. The third-order valence-electron chi connectivity index (χ3n) is 11.4. The summed E-state index contributed by atoms with van der Waals surface area (Å²) in [6.45, 7) is 12.4. The van der Waals surface area contributed by atoms with Crippen LogP contribution in [0.2, 0.25) is 0 Å². The zero-order valence-electron chi connectivity index (χ0n) is 38.3. The number of unbranched alkanes of at least 4 members (excludes halogenated alkanes) is 1. The highest BCUT2D eigenvalue weighted by Gasteiger charge is 2.28. The third kappa shape index (κ3) is 11.3. The average Bonchev–Trinajstić information content (AvgIpc) is 3.97. The van der Waals surface area contributed by atoms with Gasteiger partial charge in [0.1, 0.15) is 58.7 Å². The summed E-state index contributed by atoms with van der Waals surface area (Å²) in [5, 5.41) is 11.4. The highest BCUT2D eigenvalue weighted by atomic mass is 16.5. The predicted octanol–water partition coefficient (Wildman–Crippen LogP) is 9.88. The van der Waals surface area contributed by atoms with Gasteiger partial charge in [-0.2, -0.15) is 10.2 Å². The maximum Gasteiger partial charge on any atom is 0.246 e. The standard InChI is InChI=1S/C25H24N6O2.C24H27N5O.C3H5NO/c1-2-21(32)30-14-6-7-18(15-30)31-25-22(24(26)27-16-28-25)23(29-31)17-10-12-20(13-11-17)33-19-8-4-3-5-9-19;1-3-5-9-18(4-2)29-24-21(23(25)26-16-27-24)22(28-29)17-12-14-20(15-13-17)30-19-10-7-6-8-11-19;1-2-3(4)5/h2-5,8-13,16,18H,1,6-7,14-15H2,(H2,26,27,28);6-8,10-16,18H,3-5,9H2,1-2H3,(H2,25,26,27);2H,1H2,(H2,4,5)/t2*18-;/m10./s1. The molecule has 2 atom stereocenters. The number of hydrogen-bond donors (Lipinski definition) is 3. The Balaban J connectivity index is 0.000000184. The monoisotopic (exact) mass is 912 g/mol. The van der Waals surface area contributed by atoms with Crippen molar-refractivity contribution in [2.45, 2.75) is 64.5 Å². The van der Waals surface area contributed by atoms with Gasteiger partial charge in [0.15, 0.2) is 11.3 Å². The molecule has 9 rings (SSSR count). The summed E-state index contributed by atoms with van der Waals surface area (Å²) in [5.74, 6) is 3.35. The third-order valence-corrected chi connectivity index (χ3v) is 11.4. The van der Waals surface area contributed by atoms with E-state index in [-0.39, 0.29) is 18.0 Å². The van der Waals surface area contributed by atoms with Crippen LogP contribution in [0.3, 0.4) is 0 Å². The van der Waals surface area contributed by atoms with E-state index in [9.17, 15) is 9.59 Å². The van der Waals surface area contributed by atoms with E-state index in [4.69, 9.17) is 31.1 Å². The molecular formula is C52H56N12O4. The lowest BCUT2D eigenvalue weighted by Crippen LogP contribution is -2.40. The summed E-state index contributed by atoms with van der Waals surface area (Å²) in [4.78, 5) is 40.9. The van der Waals surface area contributed by atoms with E-state index in [2.05, 4.69) is 52.7 Å². The Morgan fingerprint density at radius 3 is 1.71 bits per heavy atom. The van der Waals surface area contributed by atoms with Crippen LogP contribution in [0.15, 0.2) is 147 Å². The molecule has 348 valence electrons. The first-order chi connectivity index (χ1) is 33.1. The van der Waals surface area contributed by atoms with Crippen molar-refractivity contribution in [3.05, 3.63) is 147 Å². The van der Waals surface area contributed by atoms with E-state index < -0.39 is 5.91 Å². The second kappa shape index (κ2) is 22.7. The number of fused-ring (bicyclic) bond motifs is 2. The number of carbonyl (C=O) groups is 2. The predicted molar refractivity (Wildman–Crippen MR) is 267 cm³/mol. The fourth-order valence-corrected chi connectivity index (χ4v) is 7.94. The van der Waals surface area contributed by atoms with Crippen LogP contribution in [0.4, 0.5) is 11.6 Å². The number of primary amides is 1. The van der Waals surface area contributed by atoms with Crippen LogP contribution in [-0.4, -0.2) is 69.3 Å². The number of rotatable bonds is 14. The number of carbonyl (C=O) groups excluding carboxylic acids is 2. The first-order valence-corrected chi connectivity index (χ1v) is 22.6. The molecule has 6 N–H and O–H groups in total. The van der Waals surface area contributed by atoms with E-state index in [1.807, 2.05) is 119 Å². The second-order valence-corrected chi connectivity index (χ2v) is 16.0. The largest absolute Gasteiger partial charge is 0.457 e. The normalized spacial score (nSPS) is 13.6. The van der Waals surface area contributed by atoms with Crippen molar-refractivity contribution < 1.29 is 19.1 Å². The van der Waals surface area contributed by atoms with Crippen LogP contribution in [0.5, 0.6) is 23.0 Å². The topological polar surface area (TPSA) is 221 Å². The number of piperidine rings is 1. The number of likely N-dealkylation sites (tertiary alicyclic amines) is 1. The van der Waals surface area contributed by atoms with Crippen LogP contribution in [0, 0.1) is 0 Å². The Bertz CT molecular complexity index is 2960. The van der Waals surface area contributed by atoms with Gasteiger partial charge in [-0.25, -0.2) is 29.3 Å². The van der Waals surface area contributed by atoms with Crippen LogP contribution in [-0.2, 0) is 9.59 Å². The lowest BCUT2D eigenvalue weighted by Gasteiger charge is -2.32. The number of aromatic nitrogens is 8. The molecule has 1 saturated heterocycles. The van der Waals surface area contributed by atoms with Crippen molar-refractivity contribution in [1.29, 1.82) is 0 Å². The van der Waals surface area contributed by atoms with Gasteiger partial charge in [0.05, 0.1) is 22.9 Å². The highest BCUT2D eigenvalue weighted by Crippen LogP contribution is 2.37. The smallest absolute Gasteiger partial charge is 0.246 e. The Morgan fingerprint density at radius 1 is 0.706 bits per heavy atom. The first-order valence-electron chi connectivity index (χ1n) is 22.6. The van der Waals surface area contributed by atoms with E-state index in [1.54, 1.807) is 4.90 Å². The molecule has 0 aliphatic carbocycles. The van der Waals surface area contributed by atoms with Gasteiger partial charge >= 0.3 is 0 Å².